The van der Waals surface area contributed by atoms with Crippen LogP contribution in [0.5, 0.6) is 0 Å². The molecule has 116 valence electrons. The molecule has 0 bridgehead atoms. The highest BCUT2D eigenvalue weighted by atomic mass is 16.5. The van der Waals surface area contributed by atoms with Crippen molar-refractivity contribution >= 4 is 5.91 Å². The summed E-state index contributed by atoms with van der Waals surface area (Å²) in [5, 5.41) is 6.40. The van der Waals surface area contributed by atoms with Gasteiger partial charge in [-0.2, -0.15) is 0 Å². The maximum atomic E-state index is 12.1. The second-order valence-corrected chi connectivity index (χ2v) is 6.01. The molecule has 0 unspecified atom stereocenters. The number of amides is 1. The van der Waals surface area contributed by atoms with Crippen molar-refractivity contribution in [3.05, 3.63) is 0 Å². The Kier molecular flexibility index (Phi) is 6.26. The Morgan fingerprint density at radius 1 is 1.20 bits per heavy atom. The van der Waals surface area contributed by atoms with Crippen molar-refractivity contribution < 1.29 is 14.3 Å². The highest BCUT2D eigenvalue weighted by molar-refractivity contribution is 5.81. The quantitative estimate of drug-likeness (QED) is 0.766. The van der Waals surface area contributed by atoms with Gasteiger partial charge >= 0.3 is 0 Å². The standard InChI is InChI=1S/C15H28N2O3/c1-11(13-5-8-19-9-6-13)17-12(2)15(18)16-10-14-4-3-7-20-14/h11-14,17H,3-10H2,1-2H3,(H,16,18)/t11-,12+,14+/m1/s1. The van der Waals surface area contributed by atoms with Crippen LogP contribution in [0, 0.1) is 5.92 Å². The summed E-state index contributed by atoms with van der Waals surface area (Å²) in [6, 6.07) is 0.191. The first-order valence-corrected chi connectivity index (χ1v) is 7.90. The molecule has 0 aromatic rings. The number of nitrogens with one attached hydrogen (secondary N) is 2. The average molecular weight is 284 g/mol. The minimum Gasteiger partial charge on any atom is -0.381 e. The van der Waals surface area contributed by atoms with E-state index in [-0.39, 0.29) is 18.1 Å². The lowest BCUT2D eigenvalue weighted by Gasteiger charge is -2.30. The molecule has 5 nitrogen and oxygen atoms in total. The first-order valence-electron chi connectivity index (χ1n) is 7.90. The van der Waals surface area contributed by atoms with Gasteiger partial charge in [0.25, 0.3) is 0 Å². The second kappa shape index (κ2) is 7.96. The molecule has 2 fully saturated rings. The fourth-order valence-electron chi connectivity index (χ4n) is 2.99. The summed E-state index contributed by atoms with van der Waals surface area (Å²) in [4.78, 5) is 12.1. The number of rotatable bonds is 6. The molecule has 2 heterocycles. The Hall–Kier alpha value is -0.650. The molecule has 0 radical (unpaired) electrons. The lowest BCUT2D eigenvalue weighted by Crippen LogP contribution is -2.49. The minimum absolute atomic E-state index is 0.0689. The van der Waals surface area contributed by atoms with Crippen LogP contribution in [-0.4, -0.2) is 50.5 Å². The summed E-state index contributed by atoms with van der Waals surface area (Å²) < 4.78 is 10.9. The maximum Gasteiger partial charge on any atom is 0.236 e. The van der Waals surface area contributed by atoms with Crippen molar-refractivity contribution in [3.63, 3.8) is 0 Å². The molecular weight excluding hydrogens is 256 g/mol. The number of ether oxygens (including phenoxy) is 2. The van der Waals surface area contributed by atoms with Crippen LogP contribution in [0.1, 0.15) is 39.5 Å². The van der Waals surface area contributed by atoms with Crippen LogP contribution in [0.3, 0.4) is 0 Å². The van der Waals surface area contributed by atoms with Gasteiger partial charge in [-0.1, -0.05) is 0 Å². The molecule has 0 aromatic carbocycles. The zero-order chi connectivity index (χ0) is 14.4. The molecule has 0 aromatic heterocycles. The van der Waals surface area contributed by atoms with E-state index in [2.05, 4.69) is 17.6 Å². The molecule has 1 amide bonds. The number of carbonyl (C=O) groups is 1. The molecule has 5 heteroatoms. The highest BCUT2D eigenvalue weighted by Gasteiger charge is 2.24. The van der Waals surface area contributed by atoms with Gasteiger partial charge in [-0.25, -0.2) is 0 Å². The Balaban J connectivity index is 1.66. The Labute approximate surface area is 121 Å². The van der Waals surface area contributed by atoms with Crippen molar-refractivity contribution in [2.75, 3.05) is 26.4 Å². The van der Waals surface area contributed by atoms with Gasteiger partial charge in [0.05, 0.1) is 12.1 Å². The fourth-order valence-corrected chi connectivity index (χ4v) is 2.99. The molecule has 2 aliphatic heterocycles. The summed E-state index contributed by atoms with van der Waals surface area (Å²) in [6.07, 6.45) is 4.53. The highest BCUT2D eigenvalue weighted by Crippen LogP contribution is 2.18. The summed E-state index contributed by atoms with van der Waals surface area (Å²) in [5.41, 5.74) is 0. The van der Waals surface area contributed by atoms with E-state index < -0.39 is 0 Å². The van der Waals surface area contributed by atoms with E-state index in [0.717, 1.165) is 45.5 Å². The van der Waals surface area contributed by atoms with Crippen LogP contribution in [0.2, 0.25) is 0 Å². The topological polar surface area (TPSA) is 59.6 Å². The van der Waals surface area contributed by atoms with Crippen LogP contribution >= 0.6 is 0 Å². The van der Waals surface area contributed by atoms with Gasteiger partial charge in [-0.05, 0) is 45.4 Å². The van der Waals surface area contributed by atoms with Crippen LogP contribution in [-0.2, 0) is 14.3 Å². The third kappa shape index (κ3) is 4.72. The van der Waals surface area contributed by atoms with Crippen LogP contribution in [0.15, 0.2) is 0 Å². The SMILES string of the molecule is C[C@H](N[C@H](C)C1CCOCC1)C(=O)NC[C@@H]1CCCO1. The predicted molar refractivity (Wildman–Crippen MR) is 77.6 cm³/mol. The molecule has 2 rings (SSSR count). The van der Waals surface area contributed by atoms with Crippen LogP contribution in [0.4, 0.5) is 0 Å². The first kappa shape index (κ1) is 15.7. The van der Waals surface area contributed by atoms with E-state index in [9.17, 15) is 4.79 Å². The molecule has 0 spiro atoms. The third-order valence-corrected chi connectivity index (χ3v) is 4.41. The van der Waals surface area contributed by atoms with E-state index in [1.165, 1.54) is 0 Å². The van der Waals surface area contributed by atoms with E-state index >= 15 is 0 Å². The van der Waals surface area contributed by atoms with Crippen LogP contribution < -0.4 is 10.6 Å². The number of hydrogen-bond donors (Lipinski definition) is 2. The van der Waals surface area contributed by atoms with Gasteiger partial charge in [-0.3, -0.25) is 4.79 Å². The third-order valence-electron chi connectivity index (χ3n) is 4.41. The smallest absolute Gasteiger partial charge is 0.236 e. The average Bonchev–Trinajstić information content (AvgIpc) is 2.98. The predicted octanol–water partition coefficient (Wildman–Crippen LogP) is 1.07. The second-order valence-electron chi connectivity index (χ2n) is 6.01. The molecule has 0 aliphatic carbocycles. The monoisotopic (exact) mass is 284 g/mol. The zero-order valence-electron chi connectivity index (χ0n) is 12.7. The molecule has 3 atom stereocenters. The van der Waals surface area contributed by atoms with Gasteiger partial charge in [0.15, 0.2) is 0 Å². The Morgan fingerprint density at radius 3 is 2.60 bits per heavy atom. The van der Waals surface area contributed by atoms with Gasteiger partial charge in [0, 0.05) is 32.4 Å². The van der Waals surface area contributed by atoms with Crippen molar-refractivity contribution in [1.82, 2.24) is 10.6 Å². The van der Waals surface area contributed by atoms with E-state index in [1.54, 1.807) is 0 Å². The van der Waals surface area contributed by atoms with E-state index in [1.807, 2.05) is 6.92 Å². The lowest BCUT2D eigenvalue weighted by molar-refractivity contribution is -0.123. The molecule has 2 saturated heterocycles. The normalized spacial score (nSPS) is 27.2. The summed E-state index contributed by atoms with van der Waals surface area (Å²) in [6.45, 7) is 7.25. The van der Waals surface area contributed by atoms with Gasteiger partial charge in [0.2, 0.25) is 5.91 Å². The molecule has 2 N–H and O–H groups in total. The summed E-state index contributed by atoms with van der Waals surface area (Å²) >= 11 is 0. The molecule has 2 aliphatic rings. The van der Waals surface area contributed by atoms with Crippen molar-refractivity contribution in [2.45, 2.75) is 57.7 Å². The zero-order valence-corrected chi connectivity index (χ0v) is 12.7. The minimum atomic E-state index is -0.158. The van der Waals surface area contributed by atoms with Gasteiger partial charge < -0.3 is 20.1 Å². The summed E-state index contributed by atoms with van der Waals surface area (Å²) in [5.74, 6) is 0.677. The van der Waals surface area contributed by atoms with E-state index in [0.29, 0.717) is 18.5 Å². The largest absolute Gasteiger partial charge is 0.381 e. The lowest BCUT2D eigenvalue weighted by atomic mass is 9.92. The summed E-state index contributed by atoms with van der Waals surface area (Å²) in [7, 11) is 0. The fraction of sp³-hybridized carbons (Fsp3) is 0.933. The molecule has 20 heavy (non-hydrogen) atoms. The number of hydrogen-bond acceptors (Lipinski definition) is 4. The van der Waals surface area contributed by atoms with E-state index in [4.69, 9.17) is 9.47 Å². The van der Waals surface area contributed by atoms with Crippen molar-refractivity contribution in [1.29, 1.82) is 0 Å². The van der Waals surface area contributed by atoms with Gasteiger partial charge in [-0.15, -0.1) is 0 Å². The molecule has 0 saturated carbocycles. The number of carbonyl (C=O) groups excluding carboxylic acids is 1. The van der Waals surface area contributed by atoms with Crippen molar-refractivity contribution in [3.8, 4) is 0 Å². The Bertz CT molecular complexity index is 299. The van der Waals surface area contributed by atoms with Gasteiger partial charge in [0.1, 0.15) is 0 Å². The van der Waals surface area contributed by atoms with Crippen molar-refractivity contribution in [2.24, 2.45) is 5.92 Å². The van der Waals surface area contributed by atoms with Crippen LogP contribution in [0.25, 0.3) is 0 Å². The Morgan fingerprint density at radius 2 is 1.95 bits per heavy atom. The molecular formula is C15H28N2O3. The maximum absolute atomic E-state index is 12.1. The first-order chi connectivity index (χ1) is 9.66.